The van der Waals surface area contributed by atoms with E-state index in [-0.39, 0.29) is 6.03 Å². The lowest BCUT2D eigenvalue weighted by Crippen LogP contribution is -2.36. The molecule has 4 heteroatoms. The van der Waals surface area contributed by atoms with Crippen molar-refractivity contribution in [1.82, 2.24) is 10.6 Å². The highest BCUT2D eigenvalue weighted by molar-refractivity contribution is 5.74. The normalized spacial score (nSPS) is 14.3. The van der Waals surface area contributed by atoms with Crippen molar-refractivity contribution in [3.05, 3.63) is 29.8 Å². The molecule has 4 nitrogen and oxygen atoms in total. The number of nitrogens with one attached hydrogen (secondary N) is 2. The Morgan fingerprint density at radius 2 is 2.19 bits per heavy atom. The summed E-state index contributed by atoms with van der Waals surface area (Å²) < 4.78 is 5.20. The highest BCUT2D eigenvalue weighted by Gasteiger charge is 2.22. The van der Waals surface area contributed by atoms with Gasteiger partial charge in [0.1, 0.15) is 5.75 Å². The van der Waals surface area contributed by atoms with Gasteiger partial charge in [0.15, 0.2) is 0 Å². The van der Waals surface area contributed by atoms with E-state index in [9.17, 15) is 4.79 Å². The van der Waals surface area contributed by atoms with Gasteiger partial charge in [0.25, 0.3) is 0 Å². The van der Waals surface area contributed by atoms with Gasteiger partial charge in [-0.05, 0) is 18.9 Å². The number of carbonyl (C=O) groups excluding carboxylic acids is 1. The lowest BCUT2D eigenvalue weighted by molar-refractivity contribution is 0.240. The maximum absolute atomic E-state index is 11.4. The van der Waals surface area contributed by atoms with Gasteiger partial charge in [-0.2, -0.15) is 0 Å². The van der Waals surface area contributed by atoms with Gasteiger partial charge in [-0.25, -0.2) is 4.79 Å². The minimum absolute atomic E-state index is 0.103. The monoisotopic (exact) mass is 220 g/mol. The molecule has 1 fully saturated rings. The van der Waals surface area contributed by atoms with E-state index >= 15 is 0 Å². The number of hydrogen-bond acceptors (Lipinski definition) is 2. The number of rotatable bonds is 4. The van der Waals surface area contributed by atoms with Crippen LogP contribution in [-0.4, -0.2) is 19.2 Å². The summed E-state index contributed by atoms with van der Waals surface area (Å²) >= 11 is 0. The Kier molecular flexibility index (Phi) is 3.29. The van der Waals surface area contributed by atoms with Crippen LogP contribution in [0.2, 0.25) is 0 Å². The Bertz CT molecular complexity index is 375. The van der Waals surface area contributed by atoms with Crippen LogP contribution in [0, 0.1) is 0 Å². The topological polar surface area (TPSA) is 50.4 Å². The Balaban J connectivity index is 1.85. The number of para-hydroxylation sites is 1. The first-order valence-corrected chi connectivity index (χ1v) is 5.46. The van der Waals surface area contributed by atoms with Crippen molar-refractivity contribution in [3.63, 3.8) is 0 Å². The zero-order valence-corrected chi connectivity index (χ0v) is 9.32. The number of amides is 2. The van der Waals surface area contributed by atoms with Gasteiger partial charge in [0.2, 0.25) is 0 Å². The van der Waals surface area contributed by atoms with Gasteiger partial charge < -0.3 is 15.4 Å². The van der Waals surface area contributed by atoms with Crippen LogP contribution in [0.5, 0.6) is 5.75 Å². The maximum Gasteiger partial charge on any atom is 0.315 e. The summed E-state index contributed by atoms with van der Waals surface area (Å²) in [7, 11) is 1.63. The molecule has 0 bridgehead atoms. The minimum atomic E-state index is -0.103. The number of hydrogen-bond donors (Lipinski definition) is 2. The van der Waals surface area contributed by atoms with Gasteiger partial charge in [0.05, 0.1) is 7.11 Å². The number of carbonyl (C=O) groups is 1. The molecule has 1 aliphatic carbocycles. The van der Waals surface area contributed by atoms with Crippen LogP contribution in [-0.2, 0) is 6.54 Å². The van der Waals surface area contributed by atoms with Crippen molar-refractivity contribution in [3.8, 4) is 5.75 Å². The van der Waals surface area contributed by atoms with Crippen LogP contribution in [0.1, 0.15) is 18.4 Å². The van der Waals surface area contributed by atoms with Crippen LogP contribution in [0.4, 0.5) is 4.79 Å². The van der Waals surface area contributed by atoms with Crippen LogP contribution in [0.15, 0.2) is 24.3 Å². The second-order valence-electron chi connectivity index (χ2n) is 3.91. The molecule has 0 saturated heterocycles. The molecule has 0 aromatic heterocycles. The van der Waals surface area contributed by atoms with E-state index in [2.05, 4.69) is 10.6 Å². The Labute approximate surface area is 95.0 Å². The SMILES string of the molecule is COc1ccccc1CNC(=O)NC1CC1. The van der Waals surface area contributed by atoms with E-state index < -0.39 is 0 Å². The van der Waals surface area contributed by atoms with Crippen molar-refractivity contribution in [2.24, 2.45) is 0 Å². The highest BCUT2D eigenvalue weighted by Crippen LogP contribution is 2.19. The average molecular weight is 220 g/mol. The fraction of sp³-hybridized carbons (Fsp3) is 0.417. The quantitative estimate of drug-likeness (QED) is 0.810. The van der Waals surface area contributed by atoms with Gasteiger partial charge in [-0.1, -0.05) is 18.2 Å². The molecule has 1 aromatic carbocycles. The van der Waals surface area contributed by atoms with Crippen molar-refractivity contribution < 1.29 is 9.53 Å². The summed E-state index contributed by atoms with van der Waals surface area (Å²) in [5.41, 5.74) is 0.982. The highest BCUT2D eigenvalue weighted by atomic mass is 16.5. The summed E-state index contributed by atoms with van der Waals surface area (Å²) in [6.07, 6.45) is 2.20. The van der Waals surface area contributed by atoms with Gasteiger partial charge in [-0.15, -0.1) is 0 Å². The third-order valence-corrected chi connectivity index (χ3v) is 2.54. The predicted molar refractivity (Wildman–Crippen MR) is 61.4 cm³/mol. The molecule has 2 amide bonds. The molecular weight excluding hydrogens is 204 g/mol. The van der Waals surface area contributed by atoms with Gasteiger partial charge in [0, 0.05) is 18.2 Å². The summed E-state index contributed by atoms with van der Waals surface area (Å²) in [5.74, 6) is 0.800. The molecule has 16 heavy (non-hydrogen) atoms. The summed E-state index contributed by atoms with van der Waals surface area (Å²) in [5, 5.41) is 5.69. The Hall–Kier alpha value is -1.71. The number of ether oxygens (including phenoxy) is 1. The lowest BCUT2D eigenvalue weighted by Gasteiger charge is -2.09. The van der Waals surface area contributed by atoms with Crippen molar-refractivity contribution in [2.75, 3.05) is 7.11 Å². The zero-order valence-electron chi connectivity index (χ0n) is 9.32. The van der Waals surface area contributed by atoms with Crippen LogP contribution in [0.25, 0.3) is 0 Å². The fourth-order valence-electron chi connectivity index (χ4n) is 1.49. The molecule has 1 aliphatic rings. The predicted octanol–water partition coefficient (Wildman–Crippen LogP) is 1.66. The lowest BCUT2D eigenvalue weighted by atomic mass is 10.2. The van der Waals surface area contributed by atoms with Crippen molar-refractivity contribution >= 4 is 6.03 Å². The van der Waals surface area contributed by atoms with Crippen molar-refractivity contribution in [2.45, 2.75) is 25.4 Å². The Morgan fingerprint density at radius 3 is 2.88 bits per heavy atom. The van der Waals surface area contributed by atoms with E-state index in [1.165, 1.54) is 0 Å². The molecule has 2 rings (SSSR count). The van der Waals surface area contributed by atoms with Gasteiger partial charge >= 0.3 is 6.03 Å². The number of urea groups is 1. The standard InChI is InChI=1S/C12H16N2O2/c1-16-11-5-3-2-4-9(11)8-13-12(15)14-10-6-7-10/h2-5,10H,6-8H2,1H3,(H2,13,14,15). The third-order valence-electron chi connectivity index (χ3n) is 2.54. The van der Waals surface area contributed by atoms with Gasteiger partial charge in [-0.3, -0.25) is 0 Å². The molecule has 0 heterocycles. The second-order valence-corrected chi connectivity index (χ2v) is 3.91. The van der Waals surface area contributed by atoms with Crippen molar-refractivity contribution in [1.29, 1.82) is 0 Å². The number of methoxy groups -OCH3 is 1. The van der Waals surface area contributed by atoms with E-state index in [4.69, 9.17) is 4.74 Å². The first-order valence-electron chi connectivity index (χ1n) is 5.46. The van der Waals surface area contributed by atoms with Crippen LogP contribution in [0.3, 0.4) is 0 Å². The smallest absolute Gasteiger partial charge is 0.315 e. The summed E-state index contributed by atoms with van der Waals surface area (Å²) in [6.45, 7) is 0.489. The van der Waals surface area contributed by atoms with E-state index in [1.807, 2.05) is 24.3 Å². The van der Waals surface area contributed by atoms with E-state index in [0.29, 0.717) is 12.6 Å². The molecule has 0 unspecified atom stereocenters. The molecule has 86 valence electrons. The molecule has 2 N–H and O–H groups in total. The second kappa shape index (κ2) is 4.88. The third kappa shape index (κ3) is 2.89. The molecule has 0 spiro atoms. The molecule has 1 aromatic rings. The molecule has 0 aliphatic heterocycles. The number of benzene rings is 1. The first-order chi connectivity index (χ1) is 7.79. The maximum atomic E-state index is 11.4. The summed E-state index contributed by atoms with van der Waals surface area (Å²) in [4.78, 5) is 11.4. The van der Waals surface area contributed by atoms with E-state index in [1.54, 1.807) is 7.11 Å². The molecule has 0 atom stereocenters. The summed E-state index contributed by atoms with van der Waals surface area (Å²) in [6, 6.07) is 7.95. The average Bonchev–Trinajstić information content (AvgIpc) is 3.10. The van der Waals surface area contributed by atoms with Crippen LogP contribution >= 0.6 is 0 Å². The fourth-order valence-corrected chi connectivity index (χ4v) is 1.49. The zero-order chi connectivity index (χ0) is 11.4. The van der Waals surface area contributed by atoms with E-state index in [0.717, 1.165) is 24.2 Å². The first kappa shape index (κ1) is 10.8. The molecule has 1 saturated carbocycles. The Morgan fingerprint density at radius 1 is 1.44 bits per heavy atom. The van der Waals surface area contributed by atoms with Crippen LogP contribution < -0.4 is 15.4 Å². The minimum Gasteiger partial charge on any atom is -0.496 e. The molecule has 0 radical (unpaired) electrons. The largest absolute Gasteiger partial charge is 0.496 e. The molecular formula is C12H16N2O2.